The largest absolute Gasteiger partial charge is 0.375 e. The average molecular weight is 271 g/mol. The molecule has 3 N–H and O–H groups in total. The van der Waals surface area contributed by atoms with Gasteiger partial charge in [0.15, 0.2) is 0 Å². The topological polar surface area (TPSA) is 85.1 Å². The van der Waals surface area contributed by atoms with Crippen LogP contribution in [-0.2, 0) is 10.0 Å². The molecule has 0 aliphatic rings. The number of benzene rings is 1. The highest BCUT2D eigenvalue weighted by Crippen LogP contribution is 2.26. The Labute approximate surface area is 104 Å². The maximum atomic E-state index is 10.7. The van der Waals surface area contributed by atoms with Crippen LogP contribution in [0.3, 0.4) is 0 Å². The van der Waals surface area contributed by atoms with Gasteiger partial charge in [0.2, 0.25) is 10.0 Å². The van der Waals surface area contributed by atoms with E-state index in [2.05, 4.69) is 9.69 Å². The number of anilines is 1. The third-order valence-electron chi connectivity index (χ3n) is 2.28. The fourth-order valence-electron chi connectivity index (χ4n) is 1.49. The van der Waals surface area contributed by atoms with Gasteiger partial charge in [0.25, 0.3) is 0 Å². The molecule has 7 heteroatoms. The molecule has 0 atom stereocenters. The predicted molar refractivity (Wildman–Crippen MR) is 70.7 cm³/mol. The SMILES string of the molecule is NS(=O)(=O)CCCNc1snc2ccccc12. The number of nitrogens with one attached hydrogen (secondary N) is 1. The first-order valence-electron chi connectivity index (χ1n) is 5.15. The van der Waals surface area contributed by atoms with Crippen molar-refractivity contribution in [1.29, 1.82) is 0 Å². The zero-order valence-corrected chi connectivity index (χ0v) is 10.7. The van der Waals surface area contributed by atoms with Crippen LogP contribution in [0.25, 0.3) is 10.9 Å². The molecule has 0 radical (unpaired) electrons. The summed E-state index contributed by atoms with van der Waals surface area (Å²) in [5.41, 5.74) is 0.950. The highest BCUT2D eigenvalue weighted by molar-refractivity contribution is 7.89. The molecule has 0 saturated carbocycles. The van der Waals surface area contributed by atoms with Gasteiger partial charge >= 0.3 is 0 Å². The van der Waals surface area contributed by atoms with E-state index in [1.165, 1.54) is 11.5 Å². The number of fused-ring (bicyclic) bond motifs is 1. The molecule has 0 spiro atoms. The van der Waals surface area contributed by atoms with E-state index in [1.54, 1.807) is 0 Å². The summed E-state index contributed by atoms with van der Waals surface area (Å²) in [5.74, 6) is -0.00324. The number of nitrogens with zero attached hydrogens (tertiary/aromatic N) is 1. The molecule has 0 unspecified atom stereocenters. The molecule has 1 heterocycles. The van der Waals surface area contributed by atoms with Gasteiger partial charge in [0.1, 0.15) is 5.00 Å². The lowest BCUT2D eigenvalue weighted by atomic mass is 10.2. The van der Waals surface area contributed by atoms with Crippen LogP contribution in [-0.4, -0.2) is 25.1 Å². The van der Waals surface area contributed by atoms with Gasteiger partial charge in [0.05, 0.1) is 11.3 Å². The van der Waals surface area contributed by atoms with Crippen LogP contribution in [0.2, 0.25) is 0 Å². The normalized spacial score (nSPS) is 11.8. The van der Waals surface area contributed by atoms with Crippen LogP contribution in [0.4, 0.5) is 5.00 Å². The minimum absolute atomic E-state index is 0.00324. The lowest BCUT2D eigenvalue weighted by molar-refractivity contribution is 0.596. The Morgan fingerprint density at radius 1 is 1.35 bits per heavy atom. The Morgan fingerprint density at radius 2 is 2.12 bits per heavy atom. The molecule has 1 aromatic carbocycles. The van der Waals surface area contributed by atoms with Crippen LogP contribution in [0.5, 0.6) is 0 Å². The Balaban J connectivity index is 1.96. The molecule has 92 valence electrons. The first-order chi connectivity index (χ1) is 8.06. The van der Waals surface area contributed by atoms with Crippen LogP contribution in [0.15, 0.2) is 24.3 Å². The summed E-state index contributed by atoms with van der Waals surface area (Å²) < 4.78 is 25.8. The zero-order valence-electron chi connectivity index (χ0n) is 9.09. The van der Waals surface area contributed by atoms with E-state index in [0.29, 0.717) is 13.0 Å². The molecule has 2 rings (SSSR count). The molecule has 0 fully saturated rings. The number of sulfonamides is 1. The smallest absolute Gasteiger partial charge is 0.209 e. The summed E-state index contributed by atoms with van der Waals surface area (Å²) in [4.78, 5) is 0. The van der Waals surface area contributed by atoms with E-state index in [-0.39, 0.29) is 5.75 Å². The summed E-state index contributed by atoms with van der Waals surface area (Å²) in [6.07, 6.45) is 0.491. The molecular formula is C10H13N3O2S2. The van der Waals surface area contributed by atoms with Crippen LogP contribution in [0.1, 0.15) is 6.42 Å². The van der Waals surface area contributed by atoms with Crippen molar-refractivity contribution < 1.29 is 8.42 Å². The van der Waals surface area contributed by atoms with Gasteiger partial charge in [-0.15, -0.1) is 0 Å². The Morgan fingerprint density at radius 3 is 2.88 bits per heavy atom. The Hall–Kier alpha value is -1.18. The molecule has 2 aromatic rings. The quantitative estimate of drug-likeness (QED) is 0.805. The lowest BCUT2D eigenvalue weighted by Gasteiger charge is -2.02. The van der Waals surface area contributed by atoms with E-state index < -0.39 is 10.0 Å². The van der Waals surface area contributed by atoms with Crippen molar-refractivity contribution in [3.05, 3.63) is 24.3 Å². The van der Waals surface area contributed by atoms with E-state index in [1.807, 2.05) is 24.3 Å². The number of aromatic nitrogens is 1. The number of primary sulfonamides is 1. The van der Waals surface area contributed by atoms with Crippen molar-refractivity contribution >= 4 is 37.5 Å². The Kier molecular flexibility index (Phi) is 3.60. The number of nitrogens with two attached hydrogens (primary N) is 1. The first-order valence-corrected chi connectivity index (χ1v) is 7.64. The van der Waals surface area contributed by atoms with E-state index in [0.717, 1.165) is 15.9 Å². The lowest BCUT2D eigenvalue weighted by Crippen LogP contribution is -2.18. The fourth-order valence-corrected chi connectivity index (χ4v) is 2.83. The third kappa shape index (κ3) is 3.39. The van der Waals surface area contributed by atoms with Crippen molar-refractivity contribution in [2.24, 2.45) is 5.14 Å². The summed E-state index contributed by atoms with van der Waals surface area (Å²) in [6, 6.07) is 7.82. The minimum atomic E-state index is -3.36. The second-order valence-electron chi connectivity index (χ2n) is 3.68. The molecule has 17 heavy (non-hydrogen) atoms. The first kappa shape index (κ1) is 12.3. The van der Waals surface area contributed by atoms with Gasteiger partial charge in [-0.1, -0.05) is 12.1 Å². The molecular weight excluding hydrogens is 258 g/mol. The summed E-state index contributed by atoms with van der Waals surface area (Å²) >= 11 is 1.38. The molecule has 0 aliphatic heterocycles. The van der Waals surface area contributed by atoms with Crippen molar-refractivity contribution in [3.63, 3.8) is 0 Å². The monoisotopic (exact) mass is 271 g/mol. The van der Waals surface area contributed by atoms with Crippen molar-refractivity contribution in [2.75, 3.05) is 17.6 Å². The van der Waals surface area contributed by atoms with Gasteiger partial charge in [-0.05, 0) is 30.1 Å². The van der Waals surface area contributed by atoms with Gasteiger partial charge < -0.3 is 5.32 Å². The van der Waals surface area contributed by atoms with Crippen molar-refractivity contribution in [2.45, 2.75) is 6.42 Å². The fraction of sp³-hybridized carbons (Fsp3) is 0.300. The zero-order chi connectivity index (χ0) is 12.3. The summed E-state index contributed by atoms with van der Waals surface area (Å²) in [7, 11) is -3.36. The summed E-state index contributed by atoms with van der Waals surface area (Å²) in [5, 5.41) is 10.1. The highest BCUT2D eigenvalue weighted by Gasteiger charge is 2.05. The number of hydrogen-bond donors (Lipinski definition) is 2. The molecule has 0 bridgehead atoms. The second-order valence-corrected chi connectivity index (χ2v) is 6.18. The number of hydrogen-bond acceptors (Lipinski definition) is 5. The average Bonchev–Trinajstić information content (AvgIpc) is 2.67. The van der Waals surface area contributed by atoms with Gasteiger partial charge in [-0.2, -0.15) is 4.37 Å². The van der Waals surface area contributed by atoms with Crippen molar-refractivity contribution in [1.82, 2.24) is 4.37 Å². The van der Waals surface area contributed by atoms with E-state index in [4.69, 9.17) is 5.14 Å². The van der Waals surface area contributed by atoms with Crippen LogP contribution in [0, 0.1) is 0 Å². The van der Waals surface area contributed by atoms with E-state index in [9.17, 15) is 8.42 Å². The molecule has 5 nitrogen and oxygen atoms in total. The third-order valence-corrected chi connectivity index (χ3v) is 3.97. The second kappa shape index (κ2) is 4.99. The minimum Gasteiger partial charge on any atom is -0.375 e. The van der Waals surface area contributed by atoms with Crippen LogP contribution >= 0.6 is 11.5 Å². The van der Waals surface area contributed by atoms with Crippen LogP contribution < -0.4 is 10.5 Å². The Bertz CT molecular complexity index is 607. The van der Waals surface area contributed by atoms with E-state index >= 15 is 0 Å². The summed E-state index contributed by atoms with van der Waals surface area (Å²) in [6.45, 7) is 0.572. The molecule has 0 saturated heterocycles. The molecule has 0 aliphatic carbocycles. The van der Waals surface area contributed by atoms with Gasteiger partial charge in [-0.3, -0.25) is 0 Å². The van der Waals surface area contributed by atoms with Crippen molar-refractivity contribution in [3.8, 4) is 0 Å². The standard InChI is InChI=1S/C10H13N3O2S2/c11-17(14,15)7-3-6-12-10-8-4-1-2-5-9(8)13-16-10/h1-2,4-5,12H,3,6-7H2,(H2,11,14,15). The van der Waals surface area contributed by atoms with Gasteiger partial charge in [0, 0.05) is 11.9 Å². The highest BCUT2D eigenvalue weighted by atomic mass is 32.2. The van der Waals surface area contributed by atoms with Gasteiger partial charge in [-0.25, -0.2) is 13.6 Å². The molecule has 1 aromatic heterocycles. The number of rotatable bonds is 5. The maximum Gasteiger partial charge on any atom is 0.209 e. The molecule has 0 amide bonds. The maximum absolute atomic E-state index is 10.7. The predicted octanol–water partition coefficient (Wildman–Crippen LogP) is 1.39.